The molecule has 1 N–H and O–H groups in total. The number of halogens is 1. The first-order valence-corrected chi connectivity index (χ1v) is 10.5. The number of rotatable bonds is 9. The Labute approximate surface area is 184 Å². The molecular weight excluding hydrogens is 400 g/mol. The van der Waals surface area contributed by atoms with Gasteiger partial charge in [0.1, 0.15) is 5.75 Å². The second-order valence-electron chi connectivity index (χ2n) is 7.78. The van der Waals surface area contributed by atoms with E-state index in [2.05, 4.69) is 11.4 Å². The Balaban J connectivity index is 0.00000256. The summed E-state index contributed by atoms with van der Waals surface area (Å²) in [5, 5.41) is 3.42. The van der Waals surface area contributed by atoms with Gasteiger partial charge >= 0.3 is 0 Å². The van der Waals surface area contributed by atoms with Crippen LogP contribution in [0.5, 0.6) is 5.75 Å². The smallest absolute Gasteiger partial charge is 0.227 e. The van der Waals surface area contributed by atoms with Crippen LogP contribution in [0.2, 0.25) is 0 Å². The third-order valence-electron chi connectivity index (χ3n) is 5.89. The summed E-state index contributed by atoms with van der Waals surface area (Å²) in [6.45, 7) is 2.44. The van der Waals surface area contributed by atoms with Gasteiger partial charge in [-0.05, 0) is 73.7 Å². The Hall–Kier alpha value is -2.37. The first-order valence-electron chi connectivity index (χ1n) is 10.5. The third kappa shape index (κ3) is 4.68. The van der Waals surface area contributed by atoms with Gasteiger partial charge in [0.2, 0.25) is 5.91 Å². The predicted octanol–water partition coefficient (Wildman–Crippen LogP) is 3.75. The van der Waals surface area contributed by atoms with Crippen LogP contribution >= 0.6 is 12.4 Å². The fourth-order valence-electron chi connectivity index (χ4n) is 4.39. The van der Waals surface area contributed by atoms with Crippen LogP contribution in [0.3, 0.4) is 0 Å². The van der Waals surface area contributed by atoms with E-state index in [4.69, 9.17) is 4.74 Å². The molecule has 0 spiro atoms. The van der Waals surface area contributed by atoms with Crippen LogP contribution in [0.15, 0.2) is 36.4 Å². The molecule has 2 heterocycles. The summed E-state index contributed by atoms with van der Waals surface area (Å²) in [5.41, 5.74) is 5.41. The van der Waals surface area contributed by atoms with Crippen molar-refractivity contribution in [2.75, 3.05) is 31.6 Å². The van der Waals surface area contributed by atoms with Gasteiger partial charge in [-0.15, -0.1) is 12.4 Å². The summed E-state index contributed by atoms with van der Waals surface area (Å²) in [6.07, 6.45) is 4.44. The summed E-state index contributed by atoms with van der Waals surface area (Å²) >= 11 is 0. The molecule has 4 rings (SSSR count). The molecule has 30 heavy (non-hydrogen) atoms. The Morgan fingerprint density at radius 2 is 1.87 bits per heavy atom. The zero-order valence-electron chi connectivity index (χ0n) is 17.4. The number of nitrogens with zero attached hydrogens (tertiary/aromatic N) is 1. The molecule has 0 aliphatic carbocycles. The highest BCUT2D eigenvalue weighted by atomic mass is 35.5. The Bertz CT molecular complexity index is 929. The van der Waals surface area contributed by atoms with Gasteiger partial charge in [0.05, 0.1) is 12.8 Å². The van der Waals surface area contributed by atoms with Crippen molar-refractivity contribution in [2.24, 2.45) is 0 Å². The number of hydrogen-bond acceptors (Lipinski definition) is 4. The number of carbonyl (C=O) groups is 2. The van der Waals surface area contributed by atoms with Crippen molar-refractivity contribution in [1.82, 2.24) is 5.32 Å². The van der Waals surface area contributed by atoms with Crippen LogP contribution in [0, 0.1) is 0 Å². The van der Waals surface area contributed by atoms with Gasteiger partial charge in [-0.1, -0.05) is 18.2 Å². The van der Waals surface area contributed by atoms with E-state index < -0.39 is 0 Å². The van der Waals surface area contributed by atoms with Crippen LogP contribution in [0.25, 0.3) is 0 Å². The molecule has 2 aromatic rings. The van der Waals surface area contributed by atoms with Crippen LogP contribution in [-0.2, 0) is 24.1 Å². The molecule has 5 nitrogen and oxygen atoms in total. The molecular formula is C24H29ClN2O3. The first kappa shape index (κ1) is 22.3. The third-order valence-corrected chi connectivity index (χ3v) is 5.89. The maximum absolute atomic E-state index is 12.7. The monoisotopic (exact) mass is 428 g/mol. The molecule has 160 valence electrons. The second-order valence-corrected chi connectivity index (χ2v) is 7.78. The van der Waals surface area contributed by atoms with Gasteiger partial charge in [0.25, 0.3) is 0 Å². The minimum atomic E-state index is 0. The number of ketones is 1. The number of nitrogens with one attached hydrogen (secondary N) is 1. The van der Waals surface area contributed by atoms with Crippen molar-refractivity contribution >= 4 is 29.8 Å². The normalized spacial score (nSPS) is 14.3. The van der Waals surface area contributed by atoms with Crippen molar-refractivity contribution in [3.63, 3.8) is 0 Å². The van der Waals surface area contributed by atoms with Gasteiger partial charge in [-0.2, -0.15) is 0 Å². The zero-order chi connectivity index (χ0) is 20.2. The fourth-order valence-corrected chi connectivity index (χ4v) is 4.39. The molecule has 0 unspecified atom stereocenters. The molecule has 1 amide bonds. The van der Waals surface area contributed by atoms with E-state index in [1.807, 2.05) is 35.2 Å². The lowest BCUT2D eigenvalue weighted by molar-refractivity contribution is -0.118. The molecule has 2 aromatic carbocycles. The van der Waals surface area contributed by atoms with E-state index in [1.54, 1.807) is 7.11 Å². The van der Waals surface area contributed by atoms with Crippen LogP contribution in [-0.4, -0.2) is 38.4 Å². The zero-order valence-corrected chi connectivity index (χ0v) is 18.2. The lowest BCUT2D eigenvalue weighted by Crippen LogP contribution is -2.32. The number of methoxy groups -OCH3 is 1. The highest BCUT2D eigenvalue weighted by Gasteiger charge is 2.31. The Kier molecular flexibility index (Phi) is 7.51. The van der Waals surface area contributed by atoms with Gasteiger partial charge < -0.3 is 15.0 Å². The molecule has 0 atom stereocenters. The number of ether oxygens (including phenoxy) is 1. The standard InChI is InChI=1S/C24H28N2O3.ClH/c1-29-22-7-3-2-5-17(22)10-13-25-12-4-6-21(27)20-15-18-8-9-23(28)26-14-11-19(16-20)24(18)26;/h2-3,5,7,15-16,25H,4,6,8-14H2,1H3;1H. The summed E-state index contributed by atoms with van der Waals surface area (Å²) in [6, 6.07) is 12.1. The van der Waals surface area contributed by atoms with Crippen molar-refractivity contribution in [3.8, 4) is 5.75 Å². The quantitative estimate of drug-likeness (QED) is 0.488. The number of aryl methyl sites for hydroxylation is 1. The molecule has 0 saturated heterocycles. The SMILES string of the molecule is COc1ccccc1CCNCCCC(=O)c1cc2c3c(c1)CCN3C(=O)CC2.Cl. The molecule has 0 saturated carbocycles. The average Bonchev–Trinajstić information content (AvgIpc) is 3.18. The molecule has 6 heteroatoms. The molecule has 2 aliphatic rings. The van der Waals surface area contributed by atoms with Crippen LogP contribution in [0.4, 0.5) is 5.69 Å². The van der Waals surface area contributed by atoms with E-state index in [1.165, 1.54) is 5.56 Å². The van der Waals surface area contributed by atoms with Gasteiger partial charge in [0.15, 0.2) is 5.78 Å². The Morgan fingerprint density at radius 1 is 1.10 bits per heavy atom. The molecule has 0 aromatic heterocycles. The minimum absolute atomic E-state index is 0. The predicted molar refractivity (Wildman–Crippen MR) is 121 cm³/mol. The summed E-state index contributed by atoms with van der Waals surface area (Å²) in [7, 11) is 1.69. The highest BCUT2D eigenvalue weighted by Crippen LogP contribution is 2.37. The minimum Gasteiger partial charge on any atom is -0.496 e. The first-order chi connectivity index (χ1) is 14.2. The lowest BCUT2D eigenvalue weighted by atomic mass is 9.94. The number of hydrogen-bond donors (Lipinski definition) is 1. The maximum atomic E-state index is 12.7. The molecule has 0 fully saturated rings. The fraction of sp³-hybridized carbons (Fsp3) is 0.417. The number of anilines is 1. The van der Waals surface area contributed by atoms with Crippen LogP contribution < -0.4 is 15.0 Å². The summed E-state index contributed by atoms with van der Waals surface area (Å²) in [5.74, 6) is 1.34. The number of amides is 1. The largest absolute Gasteiger partial charge is 0.496 e. The van der Waals surface area contributed by atoms with Gasteiger partial charge in [0, 0.05) is 24.9 Å². The number of para-hydroxylation sites is 1. The molecule has 0 bridgehead atoms. The van der Waals surface area contributed by atoms with Crippen molar-refractivity contribution in [3.05, 3.63) is 58.7 Å². The van der Waals surface area contributed by atoms with Crippen molar-refractivity contribution in [1.29, 1.82) is 0 Å². The Morgan fingerprint density at radius 3 is 2.67 bits per heavy atom. The van der Waals surface area contributed by atoms with E-state index in [9.17, 15) is 9.59 Å². The van der Waals surface area contributed by atoms with Crippen molar-refractivity contribution in [2.45, 2.75) is 38.5 Å². The number of Topliss-reactive ketones (excluding diaryl/α,β-unsaturated/α-hetero) is 1. The van der Waals surface area contributed by atoms with Gasteiger partial charge in [-0.25, -0.2) is 0 Å². The van der Waals surface area contributed by atoms with Crippen LogP contribution in [0.1, 0.15) is 46.3 Å². The second kappa shape index (κ2) is 10.1. The van der Waals surface area contributed by atoms with E-state index in [-0.39, 0.29) is 24.1 Å². The summed E-state index contributed by atoms with van der Waals surface area (Å²) in [4.78, 5) is 26.6. The van der Waals surface area contributed by atoms with E-state index in [0.717, 1.165) is 73.4 Å². The summed E-state index contributed by atoms with van der Waals surface area (Å²) < 4.78 is 5.38. The maximum Gasteiger partial charge on any atom is 0.227 e. The highest BCUT2D eigenvalue weighted by molar-refractivity contribution is 6.02. The number of benzene rings is 2. The van der Waals surface area contributed by atoms with Gasteiger partial charge in [-0.3, -0.25) is 9.59 Å². The van der Waals surface area contributed by atoms with E-state index in [0.29, 0.717) is 12.8 Å². The molecule has 0 radical (unpaired) electrons. The average molecular weight is 429 g/mol. The van der Waals surface area contributed by atoms with E-state index >= 15 is 0 Å². The lowest BCUT2D eigenvalue weighted by Gasteiger charge is -2.25. The van der Waals surface area contributed by atoms with Crippen molar-refractivity contribution < 1.29 is 14.3 Å². The number of carbonyl (C=O) groups excluding carboxylic acids is 2. The molecule has 2 aliphatic heterocycles. The topological polar surface area (TPSA) is 58.6 Å².